The lowest BCUT2D eigenvalue weighted by atomic mass is 9.95. The number of amides is 4. The predicted octanol–water partition coefficient (Wildman–Crippen LogP) is 2.16. The summed E-state index contributed by atoms with van der Waals surface area (Å²) in [4.78, 5) is 44.0. The van der Waals surface area contributed by atoms with Crippen LogP contribution in [0.3, 0.4) is 0 Å². The molecule has 31 heavy (non-hydrogen) atoms. The Bertz CT molecular complexity index is 955. The number of nitrogens with zero attached hydrogens (tertiary/aromatic N) is 3. The van der Waals surface area contributed by atoms with Crippen LogP contribution in [0.1, 0.15) is 32.4 Å². The van der Waals surface area contributed by atoms with Gasteiger partial charge in [0, 0.05) is 25.2 Å². The average Bonchev–Trinajstić information content (AvgIpc) is 3.07. The van der Waals surface area contributed by atoms with E-state index in [2.05, 4.69) is 5.32 Å². The van der Waals surface area contributed by atoms with Gasteiger partial charge in [0.05, 0.1) is 36.1 Å². The largest absolute Gasteiger partial charge is 0.372 e. The zero-order valence-electron chi connectivity index (χ0n) is 18.1. The van der Waals surface area contributed by atoms with E-state index in [-0.39, 0.29) is 36.6 Å². The number of morpholine rings is 1. The minimum absolute atomic E-state index is 0.0573. The second kappa shape index (κ2) is 8.16. The molecule has 1 aromatic carbocycles. The first-order chi connectivity index (χ1) is 14.7. The first-order valence-corrected chi connectivity index (χ1v) is 10.8. The number of urea groups is 1. The maximum Gasteiger partial charge on any atom is 0.322 e. The van der Waals surface area contributed by atoms with Crippen LogP contribution < -0.4 is 5.32 Å². The minimum Gasteiger partial charge on any atom is -0.372 e. The fraction of sp³-hybridized carbons (Fsp3) is 0.500. The molecule has 8 nitrogen and oxygen atoms in total. The van der Waals surface area contributed by atoms with Crippen LogP contribution in [0.25, 0.3) is 0 Å². The van der Waals surface area contributed by atoms with Crippen molar-refractivity contribution < 1.29 is 19.1 Å². The monoisotopic (exact) mass is 446 g/mol. The van der Waals surface area contributed by atoms with E-state index in [1.165, 1.54) is 4.90 Å². The van der Waals surface area contributed by atoms with Gasteiger partial charge in [-0.05, 0) is 32.4 Å². The van der Waals surface area contributed by atoms with Gasteiger partial charge in [-0.15, -0.1) is 0 Å². The number of carbonyl (C=O) groups excluding carboxylic acids is 3. The Labute approximate surface area is 186 Å². The van der Waals surface area contributed by atoms with Crippen molar-refractivity contribution in [3.63, 3.8) is 0 Å². The highest BCUT2D eigenvalue weighted by Crippen LogP contribution is 2.38. The van der Waals surface area contributed by atoms with Gasteiger partial charge in [-0.2, -0.15) is 0 Å². The van der Waals surface area contributed by atoms with Gasteiger partial charge in [0.2, 0.25) is 5.91 Å². The van der Waals surface area contributed by atoms with Crippen LogP contribution in [0.4, 0.5) is 4.79 Å². The molecule has 4 rings (SSSR count). The number of nitrogens with one attached hydrogen (secondary N) is 1. The highest BCUT2D eigenvalue weighted by molar-refractivity contribution is 6.31. The molecule has 3 heterocycles. The number of rotatable bonds is 3. The first-order valence-electron chi connectivity index (χ1n) is 10.5. The van der Waals surface area contributed by atoms with Crippen LogP contribution in [0.2, 0.25) is 5.02 Å². The number of likely N-dealkylation sites (N-methyl/N-ethyl adjacent to an activating group) is 1. The second-order valence-corrected chi connectivity index (χ2v) is 8.84. The molecule has 0 spiro atoms. The summed E-state index contributed by atoms with van der Waals surface area (Å²) in [6, 6.07) is 5.51. The number of halogens is 1. The molecular formula is C22H27ClN4O4. The van der Waals surface area contributed by atoms with E-state index in [0.29, 0.717) is 34.9 Å². The van der Waals surface area contributed by atoms with Gasteiger partial charge in [-0.3, -0.25) is 14.5 Å². The lowest BCUT2D eigenvalue weighted by Gasteiger charge is -2.38. The standard InChI is InChI=1S/C22H27ClN4O4/c1-12-9-26(10-13(2)31-12)20(28)14(3)27-11-17-18(21(27)29)19(24-22(30)25(17)4)15-7-5-6-8-16(15)23/h5-8,12-14,19H,9-11H2,1-4H3,(H,24,30)/t12-,13+,14-,19-/m0/s1. The van der Waals surface area contributed by atoms with Crippen molar-refractivity contribution in [2.24, 2.45) is 0 Å². The third-order valence-corrected chi connectivity index (χ3v) is 6.50. The summed E-state index contributed by atoms with van der Waals surface area (Å²) in [6.45, 7) is 6.78. The zero-order valence-corrected chi connectivity index (χ0v) is 18.8. The quantitative estimate of drug-likeness (QED) is 0.771. The van der Waals surface area contributed by atoms with Gasteiger partial charge in [0.15, 0.2) is 0 Å². The number of hydrogen-bond acceptors (Lipinski definition) is 4. The van der Waals surface area contributed by atoms with E-state index in [4.69, 9.17) is 16.3 Å². The molecule has 1 aromatic rings. The van der Waals surface area contributed by atoms with E-state index in [1.807, 2.05) is 19.9 Å². The lowest BCUT2D eigenvalue weighted by Crippen LogP contribution is -2.54. The number of carbonyl (C=O) groups is 3. The molecule has 0 saturated carbocycles. The first kappa shape index (κ1) is 21.6. The van der Waals surface area contributed by atoms with Crippen LogP contribution in [-0.2, 0) is 14.3 Å². The zero-order chi connectivity index (χ0) is 22.4. The highest BCUT2D eigenvalue weighted by Gasteiger charge is 2.46. The summed E-state index contributed by atoms with van der Waals surface area (Å²) in [5, 5.41) is 3.34. The molecule has 3 aliphatic heterocycles. The maximum atomic E-state index is 13.5. The fourth-order valence-corrected chi connectivity index (χ4v) is 4.84. The van der Waals surface area contributed by atoms with Crippen molar-refractivity contribution in [1.82, 2.24) is 20.0 Å². The van der Waals surface area contributed by atoms with E-state index in [0.717, 1.165) is 0 Å². The summed E-state index contributed by atoms with van der Waals surface area (Å²) in [6.07, 6.45) is -0.115. The Morgan fingerprint density at radius 2 is 1.84 bits per heavy atom. The molecule has 0 aliphatic carbocycles. The molecular weight excluding hydrogens is 420 g/mol. The smallest absolute Gasteiger partial charge is 0.322 e. The summed E-state index contributed by atoms with van der Waals surface area (Å²) in [5.74, 6) is -0.381. The van der Waals surface area contributed by atoms with Gasteiger partial charge in [0.25, 0.3) is 5.91 Å². The second-order valence-electron chi connectivity index (χ2n) is 8.43. The van der Waals surface area contributed by atoms with Gasteiger partial charge in [0.1, 0.15) is 6.04 Å². The molecule has 166 valence electrons. The number of benzene rings is 1. The van der Waals surface area contributed by atoms with Gasteiger partial charge >= 0.3 is 6.03 Å². The minimum atomic E-state index is -0.661. The van der Waals surface area contributed by atoms with E-state index >= 15 is 0 Å². The molecule has 0 radical (unpaired) electrons. The van der Waals surface area contributed by atoms with Gasteiger partial charge in [-0.1, -0.05) is 29.8 Å². The normalized spacial score (nSPS) is 27.4. The maximum absolute atomic E-state index is 13.5. The topological polar surface area (TPSA) is 82.2 Å². The van der Waals surface area contributed by atoms with E-state index < -0.39 is 12.1 Å². The van der Waals surface area contributed by atoms with Crippen molar-refractivity contribution in [1.29, 1.82) is 0 Å². The third kappa shape index (κ3) is 3.78. The Morgan fingerprint density at radius 1 is 1.19 bits per heavy atom. The summed E-state index contributed by atoms with van der Waals surface area (Å²) in [5.41, 5.74) is 1.71. The number of ether oxygens (including phenoxy) is 1. The van der Waals surface area contributed by atoms with E-state index in [1.54, 1.807) is 42.0 Å². The molecule has 1 N–H and O–H groups in total. The Balaban J connectivity index is 1.61. The van der Waals surface area contributed by atoms with Gasteiger partial charge < -0.3 is 19.9 Å². The molecule has 1 saturated heterocycles. The van der Waals surface area contributed by atoms with Crippen LogP contribution in [0, 0.1) is 0 Å². The lowest BCUT2D eigenvalue weighted by molar-refractivity contribution is -0.151. The molecule has 9 heteroatoms. The Kier molecular flexibility index (Phi) is 5.70. The van der Waals surface area contributed by atoms with Crippen molar-refractivity contribution in [3.8, 4) is 0 Å². The summed E-state index contributed by atoms with van der Waals surface area (Å²) < 4.78 is 5.72. The van der Waals surface area contributed by atoms with Crippen LogP contribution in [0.5, 0.6) is 0 Å². The molecule has 3 aliphatic rings. The van der Waals surface area contributed by atoms with Gasteiger partial charge in [-0.25, -0.2) is 4.79 Å². The molecule has 0 bridgehead atoms. The molecule has 4 amide bonds. The van der Waals surface area contributed by atoms with E-state index in [9.17, 15) is 14.4 Å². The van der Waals surface area contributed by atoms with Crippen LogP contribution in [-0.4, -0.2) is 77.5 Å². The van der Waals surface area contributed by atoms with Crippen LogP contribution >= 0.6 is 11.6 Å². The molecule has 4 atom stereocenters. The fourth-order valence-electron chi connectivity index (χ4n) is 4.60. The van der Waals surface area contributed by atoms with Crippen molar-refractivity contribution in [2.75, 3.05) is 26.7 Å². The Morgan fingerprint density at radius 3 is 2.48 bits per heavy atom. The molecule has 1 fully saturated rings. The van der Waals surface area contributed by atoms with Crippen molar-refractivity contribution in [3.05, 3.63) is 46.1 Å². The summed E-state index contributed by atoms with van der Waals surface area (Å²) in [7, 11) is 1.63. The SMILES string of the molecule is C[C@@H]1CN(C(=O)[C@H](C)N2CC3=C(C2=O)[C@H](c2ccccc2Cl)NC(=O)N3C)C[C@H](C)O1. The highest BCUT2D eigenvalue weighted by atomic mass is 35.5. The third-order valence-electron chi connectivity index (χ3n) is 6.16. The van der Waals surface area contributed by atoms with Crippen molar-refractivity contribution >= 4 is 29.4 Å². The summed E-state index contributed by atoms with van der Waals surface area (Å²) >= 11 is 6.37. The number of hydrogen-bond donors (Lipinski definition) is 1. The average molecular weight is 447 g/mol. The molecule has 0 unspecified atom stereocenters. The van der Waals surface area contributed by atoms with Crippen LogP contribution in [0.15, 0.2) is 35.5 Å². The van der Waals surface area contributed by atoms with Crippen molar-refractivity contribution in [2.45, 2.75) is 45.1 Å². The Hall–Kier alpha value is -2.58. The predicted molar refractivity (Wildman–Crippen MR) is 115 cm³/mol. The molecule has 0 aromatic heterocycles.